The number of thioether (sulfide) groups is 1. The fraction of sp³-hybridized carbons (Fsp3) is 0.692. The summed E-state index contributed by atoms with van der Waals surface area (Å²) < 4.78 is 5.56. The molecule has 110 valence electrons. The van der Waals surface area contributed by atoms with Crippen molar-refractivity contribution in [2.24, 2.45) is 5.92 Å². The van der Waals surface area contributed by atoms with Crippen molar-refractivity contribution in [3.8, 4) is 0 Å². The molecule has 2 saturated heterocycles. The van der Waals surface area contributed by atoms with Crippen LogP contribution in [0.2, 0.25) is 0 Å². The molecule has 3 aliphatic rings. The number of carboxylic acids is 1. The quantitative estimate of drug-likeness (QED) is 0.745. The summed E-state index contributed by atoms with van der Waals surface area (Å²) in [5.41, 5.74) is 0.0523. The van der Waals surface area contributed by atoms with Crippen LogP contribution in [0.15, 0.2) is 10.6 Å². The van der Waals surface area contributed by atoms with Crippen molar-refractivity contribution in [3.63, 3.8) is 0 Å². The highest BCUT2D eigenvalue weighted by Gasteiger charge is 2.59. The molecule has 3 aliphatic heterocycles. The number of carbonyl (C=O) groups excluding carboxylic acids is 1. The van der Waals surface area contributed by atoms with E-state index in [1.807, 2.05) is 6.92 Å². The molecule has 20 heavy (non-hydrogen) atoms. The lowest BCUT2D eigenvalue weighted by atomic mass is 9.90. The Kier molecular flexibility index (Phi) is 3.51. The van der Waals surface area contributed by atoms with Gasteiger partial charge in [-0.1, -0.05) is 18.7 Å². The molecule has 3 heterocycles. The Hall–Kier alpha value is -1.05. The van der Waals surface area contributed by atoms with E-state index >= 15 is 0 Å². The van der Waals surface area contributed by atoms with Crippen LogP contribution in [0.5, 0.6) is 0 Å². The number of ether oxygens (including phenoxy) is 1. The maximum Gasteiger partial charge on any atom is 0.353 e. The SMILES string of the molecule is CC[C@@H](O)[C@H]1C(=O)N2C(C(=O)O)=C([C@H]3CCCO3)S[C@H]12. The van der Waals surface area contributed by atoms with Gasteiger partial charge in [-0.25, -0.2) is 4.79 Å². The number of amides is 1. The van der Waals surface area contributed by atoms with E-state index in [1.165, 1.54) is 16.7 Å². The van der Waals surface area contributed by atoms with Gasteiger partial charge in [0.15, 0.2) is 0 Å². The minimum Gasteiger partial charge on any atom is -0.477 e. The van der Waals surface area contributed by atoms with Crippen LogP contribution >= 0.6 is 11.8 Å². The van der Waals surface area contributed by atoms with E-state index in [2.05, 4.69) is 0 Å². The van der Waals surface area contributed by atoms with Gasteiger partial charge in [0.1, 0.15) is 11.1 Å². The van der Waals surface area contributed by atoms with Gasteiger partial charge in [-0.3, -0.25) is 9.69 Å². The Bertz CT molecular complexity index is 485. The van der Waals surface area contributed by atoms with E-state index in [0.717, 1.165) is 12.8 Å². The molecular weight excluding hydrogens is 282 g/mol. The third-order valence-corrected chi connectivity index (χ3v) is 5.52. The monoisotopic (exact) mass is 299 g/mol. The molecule has 0 aromatic rings. The Labute approximate surface area is 120 Å². The van der Waals surface area contributed by atoms with E-state index in [-0.39, 0.29) is 23.1 Å². The molecule has 2 N–H and O–H groups in total. The molecule has 0 aliphatic carbocycles. The summed E-state index contributed by atoms with van der Waals surface area (Å²) in [5.74, 6) is -1.89. The van der Waals surface area contributed by atoms with Crippen molar-refractivity contribution < 1.29 is 24.5 Å². The molecular formula is C13H17NO5S. The zero-order chi connectivity index (χ0) is 14.4. The first-order chi connectivity index (χ1) is 9.56. The van der Waals surface area contributed by atoms with Gasteiger partial charge in [0.2, 0.25) is 5.91 Å². The Morgan fingerprint density at radius 1 is 1.60 bits per heavy atom. The van der Waals surface area contributed by atoms with E-state index in [4.69, 9.17) is 4.74 Å². The van der Waals surface area contributed by atoms with Gasteiger partial charge in [0.25, 0.3) is 0 Å². The molecule has 4 atom stereocenters. The second kappa shape index (κ2) is 5.05. The summed E-state index contributed by atoms with van der Waals surface area (Å²) >= 11 is 1.37. The largest absolute Gasteiger partial charge is 0.477 e. The second-order valence-corrected chi connectivity index (χ2v) is 6.40. The van der Waals surface area contributed by atoms with Crippen LogP contribution in [0, 0.1) is 5.92 Å². The first-order valence-corrected chi connectivity index (χ1v) is 7.71. The molecule has 6 nitrogen and oxygen atoms in total. The predicted molar refractivity (Wildman–Crippen MR) is 71.6 cm³/mol. The smallest absolute Gasteiger partial charge is 0.353 e. The highest BCUT2D eigenvalue weighted by atomic mass is 32.2. The third kappa shape index (κ3) is 1.88. The fourth-order valence-electron chi connectivity index (χ4n) is 2.98. The summed E-state index contributed by atoms with van der Waals surface area (Å²) in [5, 5.41) is 19.0. The Balaban J connectivity index is 1.88. The van der Waals surface area contributed by atoms with Gasteiger partial charge in [-0.05, 0) is 19.3 Å². The molecule has 0 radical (unpaired) electrons. The molecule has 0 saturated carbocycles. The maximum absolute atomic E-state index is 12.1. The number of fused-ring (bicyclic) bond motifs is 1. The summed E-state index contributed by atoms with van der Waals surface area (Å²) in [6, 6.07) is 0. The molecule has 0 aromatic heterocycles. The summed E-state index contributed by atoms with van der Waals surface area (Å²) in [4.78, 5) is 25.6. The van der Waals surface area contributed by atoms with Crippen molar-refractivity contribution >= 4 is 23.6 Å². The van der Waals surface area contributed by atoms with E-state index < -0.39 is 18.0 Å². The van der Waals surface area contributed by atoms with Crippen molar-refractivity contribution in [1.29, 1.82) is 0 Å². The fourth-order valence-corrected chi connectivity index (χ4v) is 4.64. The second-order valence-electron chi connectivity index (χ2n) is 5.24. The number of aliphatic hydroxyl groups is 1. The number of aliphatic carboxylic acids is 1. The average molecular weight is 299 g/mol. The van der Waals surface area contributed by atoms with Crippen LogP contribution in [0.3, 0.4) is 0 Å². The minimum absolute atomic E-state index is 0.0523. The van der Waals surface area contributed by atoms with Crippen LogP contribution in [-0.4, -0.2) is 51.2 Å². The highest BCUT2D eigenvalue weighted by molar-refractivity contribution is 8.04. The summed E-state index contributed by atoms with van der Waals surface area (Å²) in [6.07, 6.45) is 1.24. The molecule has 1 amide bonds. The van der Waals surface area contributed by atoms with Crippen LogP contribution < -0.4 is 0 Å². The first-order valence-electron chi connectivity index (χ1n) is 6.83. The molecule has 3 rings (SSSR count). The molecule has 0 spiro atoms. The Morgan fingerprint density at radius 2 is 2.35 bits per heavy atom. The number of hydrogen-bond donors (Lipinski definition) is 2. The van der Waals surface area contributed by atoms with Gasteiger partial charge in [-0.15, -0.1) is 0 Å². The van der Waals surface area contributed by atoms with Gasteiger partial charge >= 0.3 is 5.97 Å². The highest BCUT2D eigenvalue weighted by Crippen LogP contribution is 2.52. The van der Waals surface area contributed by atoms with Crippen LogP contribution in [0.25, 0.3) is 0 Å². The first kappa shape index (κ1) is 13.9. The van der Waals surface area contributed by atoms with Gasteiger partial charge in [-0.2, -0.15) is 0 Å². The number of hydrogen-bond acceptors (Lipinski definition) is 5. The lowest BCUT2D eigenvalue weighted by Crippen LogP contribution is -2.61. The lowest BCUT2D eigenvalue weighted by Gasteiger charge is -2.44. The molecule has 0 aromatic carbocycles. The van der Waals surface area contributed by atoms with Gasteiger partial charge in [0.05, 0.1) is 18.1 Å². The zero-order valence-corrected chi connectivity index (χ0v) is 11.9. The van der Waals surface area contributed by atoms with Crippen molar-refractivity contribution in [1.82, 2.24) is 4.90 Å². The maximum atomic E-state index is 12.1. The van der Waals surface area contributed by atoms with Crippen molar-refractivity contribution in [2.45, 2.75) is 43.8 Å². The van der Waals surface area contributed by atoms with Crippen molar-refractivity contribution in [3.05, 3.63) is 10.6 Å². The normalized spacial score (nSPS) is 34.2. The average Bonchev–Trinajstić information content (AvgIpc) is 3.03. The van der Waals surface area contributed by atoms with Gasteiger partial charge in [0, 0.05) is 11.5 Å². The number of nitrogens with zero attached hydrogens (tertiary/aromatic N) is 1. The summed E-state index contributed by atoms with van der Waals surface area (Å²) in [7, 11) is 0. The minimum atomic E-state index is -1.09. The zero-order valence-electron chi connectivity index (χ0n) is 11.1. The van der Waals surface area contributed by atoms with Crippen molar-refractivity contribution in [2.75, 3.05) is 6.61 Å². The topological polar surface area (TPSA) is 87.1 Å². The number of β-lactam (4-membered cyclic amide) rings is 1. The molecule has 0 bridgehead atoms. The number of aliphatic hydroxyl groups excluding tert-OH is 1. The van der Waals surface area contributed by atoms with E-state index in [0.29, 0.717) is 17.9 Å². The molecule has 0 unspecified atom stereocenters. The number of rotatable bonds is 4. The van der Waals surface area contributed by atoms with Crippen LogP contribution in [0.4, 0.5) is 0 Å². The predicted octanol–water partition coefficient (Wildman–Crippen LogP) is 0.764. The number of carbonyl (C=O) groups is 2. The number of carboxylic acid groups (broad SMARTS) is 1. The lowest BCUT2D eigenvalue weighted by molar-refractivity contribution is -0.157. The van der Waals surface area contributed by atoms with E-state index in [9.17, 15) is 19.8 Å². The van der Waals surface area contributed by atoms with Crippen LogP contribution in [-0.2, 0) is 14.3 Å². The third-order valence-electron chi connectivity index (χ3n) is 4.06. The van der Waals surface area contributed by atoms with E-state index in [1.54, 1.807) is 0 Å². The standard InChI is InChI=1S/C13H17NO5S/c1-2-6(15)8-11(16)14-9(13(17)18)10(20-12(8)14)7-4-3-5-19-7/h6-8,12,15H,2-5H2,1H3,(H,17,18)/t6-,7-,8+,12-/m1/s1. The summed E-state index contributed by atoms with van der Waals surface area (Å²) in [6.45, 7) is 2.44. The van der Waals surface area contributed by atoms with Crippen LogP contribution in [0.1, 0.15) is 26.2 Å². The molecule has 7 heteroatoms. The molecule has 2 fully saturated rings. The van der Waals surface area contributed by atoms with Gasteiger partial charge < -0.3 is 14.9 Å². The Morgan fingerprint density at radius 3 is 2.90 bits per heavy atom.